The van der Waals surface area contributed by atoms with Crippen LogP contribution in [-0.2, 0) is 6.42 Å². The van der Waals surface area contributed by atoms with Crippen molar-refractivity contribution in [2.75, 3.05) is 38.3 Å². The van der Waals surface area contributed by atoms with Gasteiger partial charge in [-0.3, -0.25) is 4.79 Å². The molecule has 9 nitrogen and oxygen atoms in total. The number of nitrogen functional groups attached to an aromatic ring is 1. The Balaban J connectivity index is 1.60. The smallest absolute Gasteiger partial charge is 0.249 e. The first-order valence-electron chi connectivity index (χ1n) is 14.9. The maximum atomic E-state index is 16.6. The third-order valence-electron chi connectivity index (χ3n) is 7.65. The van der Waals surface area contributed by atoms with E-state index in [2.05, 4.69) is 34.0 Å². The summed E-state index contributed by atoms with van der Waals surface area (Å²) in [5.74, 6) is 0.0291. The van der Waals surface area contributed by atoms with Gasteiger partial charge in [0.05, 0.1) is 12.3 Å². The Hall–Kier alpha value is -4.96. The van der Waals surface area contributed by atoms with E-state index >= 15 is 4.39 Å². The lowest BCUT2D eigenvalue weighted by Crippen LogP contribution is -2.33. The third kappa shape index (κ3) is 7.07. The van der Waals surface area contributed by atoms with Crippen molar-refractivity contribution in [3.63, 3.8) is 0 Å². The number of H-pyrrole nitrogens is 1. The first-order valence-corrected chi connectivity index (χ1v) is 14.9. The van der Waals surface area contributed by atoms with Crippen LogP contribution in [0, 0.1) is 11.2 Å². The molecule has 0 radical (unpaired) electrons. The lowest BCUT2D eigenvalue weighted by molar-refractivity contribution is 0.100. The number of rotatable bonds is 12. The number of ether oxygens (including phenoxy) is 1. The molecular weight excluding hydrogens is 569 g/mol. The highest BCUT2D eigenvalue weighted by molar-refractivity contribution is 5.99. The second-order valence-electron chi connectivity index (χ2n) is 12.3. The number of carbonyl (C=O) groups is 1. The van der Waals surface area contributed by atoms with Crippen LogP contribution in [0.4, 0.5) is 15.9 Å². The topological polar surface area (TPSA) is 135 Å². The van der Waals surface area contributed by atoms with E-state index in [9.17, 15) is 4.79 Å². The molecule has 0 bridgehead atoms. The van der Waals surface area contributed by atoms with Crippen molar-refractivity contribution in [1.29, 1.82) is 0 Å². The van der Waals surface area contributed by atoms with Crippen LogP contribution >= 0.6 is 0 Å². The molecule has 6 N–H and O–H groups in total. The van der Waals surface area contributed by atoms with E-state index in [1.54, 1.807) is 36.7 Å². The van der Waals surface area contributed by atoms with Gasteiger partial charge in [0.15, 0.2) is 11.6 Å². The molecule has 0 spiro atoms. The van der Waals surface area contributed by atoms with Crippen molar-refractivity contribution in [3.8, 4) is 17.0 Å². The molecule has 0 aliphatic carbocycles. The molecule has 1 atom stereocenters. The van der Waals surface area contributed by atoms with Gasteiger partial charge >= 0.3 is 0 Å². The predicted molar refractivity (Wildman–Crippen MR) is 178 cm³/mol. The van der Waals surface area contributed by atoms with Crippen LogP contribution in [0.15, 0.2) is 73.1 Å². The number of aromatic nitrogens is 3. The number of halogens is 1. The second-order valence-corrected chi connectivity index (χ2v) is 12.3. The molecule has 5 aromatic rings. The summed E-state index contributed by atoms with van der Waals surface area (Å²) in [7, 11) is 4.01. The number of hydrogen-bond acceptors (Lipinski definition) is 7. The highest BCUT2D eigenvalue weighted by Gasteiger charge is 2.27. The van der Waals surface area contributed by atoms with Gasteiger partial charge in [0, 0.05) is 52.1 Å². The molecule has 0 saturated heterocycles. The van der Waals surface area contributed by atoms with Gasteiger partial charge in [-0.05, 0) is 67.9 Å². The molecule has 0 aliphatic rings. The van der Waals surface area contributed by atoms with Crippen LogP contribution in [0.2, 0.25) is 0 Å². The number of pyridine rings is 1. The molecular formula is C35H40FN7O2. The van der Waals surface area contributed by atoms with Gasteiger partial charge in [-0.1, -0.05) is 45.0 Å². The number of hydrogen-bond donors (Lipinski definition) is 4. The second kappa shape index (κ2) is 13.0. The molecule has 45 heavy (non-hydrogen) atoms. The molecule has 3 aromatic carbocycles. The predicted octanol–water partition coefficient (Wildman–Crippen LogP) is 6.18. The largest absolute Gasteiger partial charge is 0.490 e. The number of imidazole rings is 1. The Morgan fingerprint density at radius 1 is 1.13 bits per heavy atom. The minimum absolute atomic E-state index is 0.186. The molecule has 0 fully saturated rings. The van der Waals surface area contributed by atoms with Crippen LogP contribution in [0.5, 0.6) is 5.75 Å². The van der Waals surface area contributed by atoms with Gasteiger partial charge in [-0.25, -0.2) is 14.4 Å². The number of nitrogens with one attached hydrogen (secondary N) is 2. The molecule has 5 rings (SSSR count). The first-order chi connectivity index (χ1) is 21.5. The Kier molecular flexibility index (Phi) is 9.06. The number of benzene rings is 3. The maximum Gasteiger partial charge on any atom is 0.249 e. The zero-order valence-corrected chi connectivity index (χ0v) is 26.3. The minimum Gasteiger partial charge on any atom is -0.490 e. The highest BCUT2D eigenvalue weighted by Crippen LogP contribution is 2.36. The molecule has 0 saturated carbocycles. The number of primary amides is 1. The Morgan fingerprint density at radius 3 is 2.64 bits per heavy atom. The van der Waals surface area contributed by atoms with E-state index in [1.807, 2.05) is 57.4 Å². The van der Waals surface area contributed by atoms with Crippen molar-refractivity contribution in [1.82, 2.24) is 19.9 Å². The number of anilines is 2. The van der Waals surface area contributed by atoms with Crippen molar-refractivity contribution >= 4 is 28.2 Å². The summed E-state index contributed by atoms with van der Waals surface area (Å²) in [6, 6.07) is 17.4. The molecule has 234 valence electrons. The minimum atomic E-state index is -0.750. The number of carbonyl (C=O) groups excluding carboxylic acids is 1. The standard InChI is InChI=1S/C35H40FN7O2/c1-6-21-15-27(30(36)29(16-21)45-20-35(2,3)19-43(4)5)31(41-23-11-12-24-22(17-23)13-14-39-32(24)37)34-40-18-28(42-34)25-9-7-8-10-26(25)33(38)44/h7-18,31,41H,6,19-20H2,1-5H3,(H2,37,39)(H2,38,44)(H,40,42). The number of amides is 1. The SMILES string of the molecule is CCc1cc(OCC(C)(C)CN(C)C)c(F)c(C(Nc2ccc3c(N)nccc3c2)c2nc(-c3ccccc3C(N)=O)c[nH]2)c1. The lowest BCUT2D eigenvalue weighted by atomic mass is 9.94. The van der Waals surface area contributed by atoms with Gasteiger partial charge in [0.1, 0.15) is 17.7 Å². The molecule has 2 heterocycles. The quantitative estimate of drug-likeness (QED) is 0.133. The van der Waals surface area contributed by atoms with Crippen molar-refractivity contribution in [2.45, 2.75) is 33.2 Å². The summed E-state index contributed by atoms with van der Waals surface area (Å²) in [5, 5.41) is 5.20. The molecule has 0 aliphatic heterocycles. The number of fused-ring (bicyclic) bond motifs is 1. The summed E-state index contributed by atoms with van der Waals surface area (Å²) in [6.07, 6.45) is 4.02. The van der Waals surface area contributed by atoms with E-state index < -0.39 is 17.8 Å². The van der Waals surface area contributed by atoms with Crippen LogP contribution in [-0.4, -0.2) is 53.0 Å². The fraction of sp³-hybridized carbons (Fsp3) is 0.286. The van der Waals surface area contributed by atoms with Gasteiger partial charge in [-0.15, -0.1) is 0 Å². The number of aryl methyl sites for hydroxylation is 1. The average molecular weight is 610 g/mol. The van der Waals surface area contributed by atoms with Crippen molar-refractivity contribution < 1.29 is 13.9 Å². The van der Waals surface area contributed by atoms with E-state index in [4.69, 9.17) is 21.2 Å². The molecule has 1 unspecified atom stereocenters. The normalized spacial score (nSPS) is 12.4. The van der Waals surface area contributed by atoms with Crippen molar-refractivity contribution in [3.05, 3.63) is 101 Å². The van der Waals surface area contributed by atoms with Crippen LogP contribution in [0.25, 0.3) is 22.0 Å². The Morgan fingerprint density at radius 2 is 1.91 bits per heavy atom. The zero-order valence-electron chi connectivity index (χ0n) is 26.3. The van der Waals surface area contributed by atoms with E-state index in [1.165, 1.54) is 0 Å². The average Bonchev–Trinajstić information content (AvgIpc) is 3.49. The van der Waals surface area contributed by atoms with Gasteiger partial charge in [0.25, 0.3) is 0 Å². The fourth-order valence-electron chi connectivity index (χ4n) is 5.67. The molecule has 10 heteroatoms. The fourth-order valence-corrected chi connectivity index (χ4v) is 5.67. The van der Waals surface area contributed by atoms with E-state index in [0.29, 0.717) is 47.1 Å². The first kappa shape index (κ1) is 31.5. The van der Waals surface area contributed by atoms with Crippen molar-refractivity contribution in [2.24, 2.45) is 11.1 Å². The summed E-state index contributed by atoms with van der Waals surface area (Å²) < 4.78 is 22.7. The zero-order chi connectivity index (χ0) is 32.3. The van der Waals surface area contributed by atoms with Gasteiger partial charge in [-0.2, -0.15) is 0 Å². The molecule has 1 amide bonds. The molecule has 2 aromatic heterocycles. The van der Waals surface area contributed by atoms with Gasteiger partial charge < -0.3 is 31.4 Å². The summed E-state index contributed by atoms with van der Waals surface area (Å²) in [5.41, 5.74) is 15.0. The lowest BCUT2D eigenvalue weighted by Gasteiger charge is -2.29. The third-order valence-corrected chi connectivity index (χ3v) is 7.65. The number of nitrogens with zero attached hydrogens (tertiary/aromatic N) is 3. The van der Waals surface area contributed by atoms with Crippen LogP contribution in [0.1, 0.15) is 54.1 Å². The number of aromatic amines is 1. The van der Waals surface area contributed by atoms with Crippen LogP contribution < -0.4 is 21.5 Å². The Bertz CT molecular complexity index is 1830. The summed E-state index contributed by atoms with van der Waals surface area (Å²) in [6.45, 7) is 7.32. The monoisotopic (exact) mass is 609 g/mol. The highest BCUT2D eigenvalue weighted by atomic mass is 19.1. The van der Waals surface area contributed by atoms with Gasteiger partial charge in [0.2, 0.25) is 5.91 Å². The van der Waals surface area contributed by atoms with Crippen LogP contribution in [0.3, 0.4) is 0 Å². The summed E-state index contributed by atoms with van der Waals surface area (Å²) in [4.78, 5) is 26.5. The van der Waals surface area contributed by atoms with E-state index in [0.717, 1.165) is 28.6 Å². The van der Waals surface area contributed by atoms with E-state index in [-0.39, 0.29) is 11.2 Å². The Labute approximate surface area is 262 Å². The summed E-state index contributed by atoms with van der Waals surface area (Å²) >= 11 is 0. The maximum absolute atomic E-state index is 16.6. The number of nitrogens with two attached hydrogens (primary N) is 2.